The van der Waals surface area contributed by atoms with Crippen LogP contribution in [0.4, 0.5) is 0 Å². The van der Waals surface area contributed by atoms with E-state index in [0.29, 0.717) is 5.88 Å². The molecule has 2 aromatic carbocycles. The van der Waals surface area contributed by atoms with Crippen molar-refractivity contribution in [1.82, 2.24) is 0 Å². The SMILES string of the molecule is Cl/C=C/Cc1ccccc1.ClC/C=C/c1ccccc1. The summed E-state index contributed by atoms with van der Waals surface area (Å²) in [4.78, 5) is 0. The molecule has 0 saturated heterocycles. The molecule has 104 valence electrons. The van der Waals surface area contributed by atoms with Gasteiger partial charge in [0.25, 0.3) is 0 Å². The number of halogens is 2. The summed E-state index contributed by atoms with van der Waals surface area (Å²) in [5.74, 6) is 0.578. The van der Waals surface area contributed by atoms with Gasteiger partial charge in [0.2, 0.25) is 0 Å². The highest BCUT2D eigenvalue weighted by molar-refractivity contribution is 6.25. The van der Waals surface area contributed by atoms with Crippen molar-refractivity contribution < 1.29 is 0 Å². The summed E-state index contributed by atoms with van der Waals surface area (Å²) in [6, 6.07) is 20.3. The third kappa shape index (κ3) is 7.83. The van der Waals surface area contributed by atoms with Gasteiger partial charge in [-0.2, -0.15) is 0 Å². The van der Waals surface area contributed by atoms with Gasteiger partial charge in [-0.25, -0.2) is 0 Å². The maximum atomic E-state index is 5.46. The van der Waals surface area contributed by atoms with Gasteiger partial charge in [-0.15, -0.1) is 11.6 Å². The molecule has 2 aromatic rings. The molecule has 0 saturated carbocycles. The number of alkyl halides is 1. The highest BCUT2D eigenvalue weighted by Crippen LogP contribution is 2.01. The lowest BCUT2D eigenvalue weighted by Gasteiger charge is -1.91. The van der Waals surface area contributed by atoms with E-state index in [1.807, 2.05) is 66.8 Å². The average Bonchev–Trinajstić information content (AvgIpc) is 2.53. The Morgan fingerprint density at radius 1 is 0.800 bits per heavy atom. The van der Waals surface area contributed by atoms with Crippen molar-refractivity contribution in [3.8, 4) is 0 Å². The number of hydrogen-bond donors (Lipinski definition) is 0. The Hall–Kier alpha value is -1.50. The second kappa shape index (κ2) is 11.3. The van der Waals surface area contributed by atoms with Gasteiger partial charge in [-0.3, -0.25) is 0 Å². The van der Waals surface area contributed by atoms with E-state index in [-0.39, 0.29) is 0 Å². The molecular formula is C18H18Cl2. The van der Waals surface area contributed by atoms with Crippen LogP contribution < -0.4 is 0 Å². The van der Waals surface area contributed by atoms with Crippen molar-refractivity contribution in [2.75, 3.05) is 5.88 Å². The standard InChI is InChI=1S/2C9H9Cl/c2*10-8-4-7-9-5-2-1-3-6-9/h1-6,8H,7H2;1-7H,8H2/b8-4+;7-4+. The van der Waals surface area contributed by atoms with Crippen LogP contribution in [0.25, 0.3) is 6.08 Å². The predicted molar refractivity (Wildman–Crippen MR) is 91.3 cm³/mol. The fourth-order valence-electron chi connectivity index (χ4n) is 1.54. The number of benzene rings is 2. The minimum atomic E-state index is 0.578. The van der Waals surface area contributed by atoms with Gasteiger partial charge in [0.15, 0.2) is 0 Å². The largest absolute Gasteiger partial charge is 0.122 e. The lowest BCUT2D eigenvalue weighted by atomic mass is 10.2. The van der Waals surface area contributed by atoms with Crippen molar-refractivity contribution in [3.05, 3.63) is 89.5 Å². The van der Waals surface area contributed by atoms with Crippen LogP contribution in [0.1, 0.15) is 11.1 Å². The zero-order chi connectivity index (χ0) is 14.5. The van der Waals surface area contributed by atoms with E-state index in [0.717, 1.165) is 6.42 Å². The van der Waals surface area contributed by atoms with E-state index in [9.17, 15) is 0 Å². The third-order valence-corrected chi connectivity index (χ3v) is 2.84. The second-order valence-corrected chi connectivity index (χ2v) is 4.58. The zero-order valence-corrected chi connectivity index (χ0v) is 12.8. The van der Waals surface area contributed by atoms with Gasteiger partial charge < -0.3 is 0 Å². The summed E-state index contributed by atoms with van der Waals surface area (Å²) in [6.07, 6.45) is 6.78. The monoisotopic (exact) mass is 304 g/mol. The number of hydrogen-bond acceptors (Lipinski definition) is 0. The van der Waals surface area contributed by atoms with Crippen LogP contribution in [0, 0.1) is 0 Å². The molecule has 0 unspecified atom stereocenters. The maximum Gasteiger partial charge on any atom is 0.0407 e. The molecule has 0 aliphatic carbocycles. The second-order valence-electron chi connectivity index (χ2n) is 4.02. The molecule has 0 N–H and O–H groups in total. The molecule has 0 nitrogen and oxygen atoms in total. The van der Waals surface area contributed by atoms with Crippen molar-refractivity contribution in [3.63, 3.8) is 0 Å². The highest BCUT2D eigenvalue weighted by Gasteiger charge is 1.83. The molecule has 0 atom stereocenters. The molecule has 0 bridgehead atoms. The fourth-order valence-corrected chi connectivity index (χ4v) is 1.72. The molecule has 0 aromatic heterocycles. The van der Waals surface area contributed by atoms with Crippen molar-refractivity contribution >= 4 is 29.3 Å². The van der Waals surface area contributed by atoms with E-state index >= 15 is 0 Å². The van der Waals surface area contributed by atoms with Crippen LogP contribution in [-0.4, -0.2) is 5.88 Å². The Morgan fingerprint density at radius 2 is 1.40 bits per heavy atom. The van der Waals surface area contributed by atoms with E-state index in [1.54, 1.807) is 5.54 Å². The minimum absolute atomic E-state index is 0.578. The molecule has 0 spiro atoms. The van der Waals surface area contributed by atoms with E-state index in [4.69, 9.17) is 23.2 Å². The Labute approximate surface area is 131 Å². The molecule has 20 heavy (non-hydrogen) atoms. The summed E-state index contributed by atoms with van der Waals surface area (Å²) in [5.41, 5.74) is 4.04. The summed E-state index contributed by atoms with van der Waals surface area (Å²) >= 11 is 10.8. The maximum absolute atomic E-state index is 5.46. The average molecular weight is 305 g/mol. The number of allylic oxidation sites excluding steroid dienone is 2. The Bertz CT molecular complexity index is 501. The smallest absolute Gasteiger partial charge is 0.0407 e. The minimum Gasteiger partial charge on any atom is -0.122 e. The first-order valence-electron chi connectivity index (χ1n) is 6.43. The van der Waals surface area contributed by atoms with Gasteiger partial charge in [0.1, 0.15) is 0 Å². The lowest BCUT2D eigenvalue weighted by Crippen LogP contribution is -1.76. The van der Waals surface area contributed by atoms with Crippen LogP contribution in [0.2, 0.25) is 0 Å². The van der Waals surface area contributed by atoms with E-state index < -0.39 is 0 Å². The van der Waals surface area contributed by atoms with Crippen LogP contribution in [0.15, 0.2) is 78.4 Å². The summed E-state index contributed by atoms with van der Waals surface area (Å²) < 4.78 is 0. The van der Waals surface area contributed by atoms with Gasteiger partial charge >= 0.3 is 0 Å². The summed E-state index contributed by atoms with van der Waals surface area (Å²) in [5, 5.41) is 0. The molecule has 0 amide bonds. The van der Waals surface area contributed by atoms with Crippen molar-refractivity contribution in [1.29, 1.82) is 0 Å². The molecule has 2 heteroatoms. The first-order chi connectivity index (χ1) is 9.86. The Kier molecular flexibility index (Phi) is 9.38. The van der Waals surface area contributed by atoms with E-state index in [2.05, 4.69) is 12.1 Å². The lowest BCUT2D eigenvalue weighted by molar-refractivity contribution is 1.28. The van der Waals surface area contributed by atoms with Crippen LogP contribution >= 0.6 is 23.2 Å². The summed E-state index contributed by atoms with van der Waals surface area (Å²) in [6.45, 7) is 0. The van der Waals surface area contributed by atoms with Crippen LogP contribution in [0.5, 0.6) is 0 Å². The third-order valence-electron chi connectivity index (χ3n) is 2.48. The van der Waals surface area contributed by atoms with E-state index in [1.165, 1.54) is 11.1 Å². The molecule has 2 rings (SSSR count). The number of rotatable bonds is 4. The summed E-state index contributed by atoms with van der Waals surface area (Å²) in [7, 11) is 0. The quantitative estimate of drug-likeness (QED) is 0.615. The van der Waals surface area contributed by atoms with Crippen molar-refractivity contribution in [2.45, 2.75) is 6.42 Å². The first kappa shape index (κ1) is 16.6. The molecular weight excluding hydrogens is 287 g/mol. The predicted octanol–water partition coefficient (Wildman–Crippen LogP) is 5.92. The molecule has 0 aliphatic heterocycles. The fraction of sp³-hybridized carbons (Fsp3) is 0.111. The van der Waals surface area contributed by atoms with Gasteiger partial charge in [0, 0.05) is 11.4 Å². The Balaban J connectivity index is 0.000000200. The van der Waals surface area contributed by atoms with Crippen molar-refractivity contribution in [2.24, 2.45) is 0 Å². The molecule has 0 radical (unpaired) electrons. The Morgan fingerprint density at radius 3 is 1.95 bits per heavy atom. The first-order valence-corrected chi connectivity index (χ1v) is 7.40. The van der Waals surface area contributed by atoms with Gasteiger partial charge in [0.05, 0.1) is 0 Å². The molecule has 0 aliphatic rings. The topological polar surface area (TPSA) is 0 Å². The highest BCUT2D eigenvalue weighted by atomic mass is 35.5. The molecule has 0 fully saturated rings. The van der Waals surface area contributed by atoms with Crippen LogP contribution in [0.3, 0.4) is 0 Å². The van der Waals surface area contributed by atoms with Gasteiger partial charge in [-0.05, 0) is 17.5 Å². The molecule has 0 heterocycles. The normalized spacial score (nSPS) is 10.5. The zero-order valence-electron chi connectivity index (χ0n) is 11.3. The van der Waals surface area contributed by atoms with Gasteiger partial charge in [-0.1, -0.05) is 90.5 Å². The van der Waals surface area contributed by atoms with Crippen LogP contribution in [-0.2, 0) is 6.42 Å².